The lowest BCUT2D eigenvalue weighted by molar-refractivity contribution is -0.137. The van der Waals surface area contributed by atoms with Crippen molar-refractivity contribution >= 4 is 34.1 Å². The van der Waals surface area contributed by atoms with Crippen LogP contribution in [-0.4, -0.2) is 37.4 Å². The fourth-order valence-corrected chi connectivity index (χ4v) is 4.30. The summed E-state index contributed by atoms with van der Waals surface area (Å²) in [6, 6.07) is 3.38. The van der Waals surface area contributed by atoms with Crippen LogP contribution >= 0.6 is 11.6 Å². The number of aromatic nitrogens is 2. The number of hydrogen-bond acceptors (Lipinski definition) is 6. The molecular weight excluding hydrogens is 443 g/mol. The summed E-state index contributed by atoms with van der Waals surface area (Å²) in [7, 11) is -1.27. The van der Waals surface area contributed by atoms with Crippen LogP contribution in [0.4, 0.5) is 24.7 Å². The molecule has 2 aromatic rings. The minimum atomic E-state index is -4.49. The zero-order chi connectivity index (χ0) is 21.9. The van der Waals surface area contributed by atoms with E-state index in [2.05, 4.69) is 15.3 Å². The molecule has 2 heterocycles. The minimum absolute atomic E-state index is 0.00162. The zero-order valence-electron chi connectivity index (χ0n) is 16.1. The van der Waals surface area contributed by atoms with Crippen molar-refractivity contribution in [2.75, 3.05) is 30.0 Å². The van der Waals surface area contributed by atoms with Crippen molar-refractivity contribution in [1.82, 2.24) is 14.3 Å². The van der Waals surface area contributed by atoms with Gasteiger partial charge in [-0.05, 0) is 42.3 Å². The third kappa shape index (κ3) is 5.60. The average Bonchev–Trinajstić information content (AvgIpc) is 3.09. The third-order valence-electron chi connectivity index (χ3n) is 4.42. The molecular formula is C18H21ClF3N5O2S. The van der Waals surface area contributed by atoms with Crippen LogP contribution in [0, 0.1) is 0 Å². The molecule has 1 aliphatic heterocycles. The quantitative estimate of drug-likeness (QED) is 0.354. The van der Waals surface area contributed by atoms with E-state index in [1.807, 2.05) is 6.92 Å². The van der Waals surface area contributed by atoms with Crippen LogP contribution in [-0.2, 0) is 41.5 Å². The summed E-state index contributed by atoms with van der Waals surface area (Å²) < 4.78 is 58.5. The number of fused-ring (bicyclic) bond motifs is 1. The van der Waals surface area contributed by atoms with E-state index in [4.69, 9.17) is 22.1 Å². The first kappa shape index (κ1) is 22.7. The van der Waals surface area contributed by atoms with E-state index in [-0.39, 0.29) is 17.5 Å². The van der Waals surface area contributed by atoms with Gasteiger partial charge >= 0.3 is 6.18 Å². The summed E-state index contributed by atoms with van der Waals surface area (Å²) in [6.45, 7) is 3.51. The summed E-state index contributed by atoms with van der Waals surface area (Å²) in [6.07, 6.45) is -4.49. The first-order valence-corrected chi connectivity index (χ1v) is 10.8. The first-order valence-electron chi connectivity index (χ1n) is 9.14. The Labute approximate surface area is 179 Å². The van der Waals surface area contributed by atoms with Crippen molar-refractivity contribution in [3.8, 4) is 0 Å². The summed E-state index contributed by atoms with van der Waals surface area (Å²) in [5, 5.41) is 3.01. The van der Waals surface area contributed by atoms with Crippen LogP contribution in [0.25, 0.3) is 0 Å². The smallest absolute Gasteiger partial charge is 0.399 e. The Kier molecular flexibility index (Phi) is 7.17. The fraction of sp³-hybridized carbons (Fsp3) is 0.444. The first-order chi connectivity index (χ1) is 14.2. The molecule has 0 spiro atoms. The number of halogens is 4. The predicted octanol–water partition coefficient (Wildman–Crippen LogP) is 3.36. The van der Waals surface area contributed by atoms with Crippen molar-refractivity contribution in [2.45, 2.75) is 32.7 Å². The highest BCUT2D eigenvalue weighted by atomic mass is 35.5. The van der Waals surface area contributed by atoms with E-state index < -0.39 is 22.7 Å². The van der Waals surface area contributed by atoms with Crippen LogP contribution in [0.1, 0.15) is 29.3 Å². The van der Waals surface area contributed by atoms with Gasteiger partial charge in [0.15, 0.2) is 0 Å². The van der Waals surface area contributed by atoms with Gasteiger partial charge in [-0.1, -0.05) is 0 Å². The van der Waals surface area contributed by atoms with Gasteiger partial charge in [0, 0.05) is 30.9 Å². The molecule has 1 aromatic heterocycles. The summed E-state index contributed by atoms with van der Waals surface area (Å²) in [5.41, 5.74) is 6.50. The molecule has 0 saturated heterocycles. The van der Waals surface area contributed by atoms with Crippen molar-refractivity contribution in [3.63, 3.8) is 0 Å². The van der Waals surface area contributed by atoms with Gasteiger partial charge in [0.05, 0.1) is 41.1 Å². The number of nitrogens with one attached hydrogen (secondary N) is 1. The maximum atomic E-state index is 13.0. The number of nitrogens with zero attached hydrogens (tertiary/aromatic N) is 3. The van der Waals surface area contributed by atoms with E-state index >= 15 is 0 Å². The SMILES string of the molecule is CCOCCS(=O)N1Cc2nc(Cl)nc(NCc3cc(N)cc(C(F)(F)F)c3)c2C1. The Hall–Kier alpha value is -1.95. The summed E-state index contributed by atoms with van der Waals surface area (Å²) >= 11 is 6.00. The van der Waals surface area contributed by atoms with Gasteiger partial charge in [0.1, 0.15) is 5.82 Å². The maximum Gasteiger partial charge on any atom is 0.416 e. The molecule has 0 fully saturated rings. The van der Waals surface area contributed by atoms with Crippen molar-refractivity contribution < 1.29 is 22.1 Å². The second kappa shape index (κ2) is 9.46. The van der Waals surface area contributed by atoms with Crippen LogP contribution < -0.4 is 11.1 Å². The molecule has 1 atom stereocenters. The van der Waals surface area contributed by atoms with Gasteiger partial charge in [-0.3, -0.25) is 0 Å². The Bertz CT molecular complexity index is 945. The Balaban J connectivity index is 1.74. The van der Waals surface area contributed by atoms with Crippen LogP contribution in [0.2, 0.25) is 5.28 Å². The molecule has 1 aromatic carbocycles. The number of nitrogens with two attached hydrogens (primary N) is 1. The number of benzene rings is 1. The lowest BCUT2D eigenvalue weighted by atomic mass is 10.1. The molecule has 3 N–H and O–H groups in total. The van der Waals surface area contributed by atoms with Crippen LogP contribution in [0.3, 0.4) is 0 Å². The fourth-order valence-electron chi connectivity index (χ4n) is 3.06. The van der Waals surface area contributed by atoms with Gasteiger partial charge in [0.25, 0.3) is 0 Å². The van der Waals surface area contributed by atoms with E-state index in [0.29, 0.717) is 54.7 Å². The second-order valence-corrected chi connectivity index (χ2v) is 8.51. The van der Waals surface area contributed by atoms with E-state index in [9.17, 15) is 17.4 Å². The normalized spacial score (nSPS) is 15.2. The number of nitrogen functional groups attached to an aromatic ring is 1. The molecule has 0 bridgehead atoms. The predicted molar refractivity (Wildman–Crippen MR) is 109 cm³/mol. The third-order valence-corrected chi connectivity index (χ3v) is 5.94. The molecule has 1 unspecified atom stereocenters. The van der Waals surface area contributed by atoms with Gasteiger partial charge in [-0.25, -0.2) is 18.5 Å². The number of alkyl halides is 3. The number of anilines is 2. The molecule has 7 nitrogen and oxygen atoms in total. The van der Waals surface area contributed by atoms with E-state index in [0.717, 1.165) is 12.1 Å². The topological polar surface area (TPSA) is 93.4 Å². The van der Waals surface area contributed by atoms with Crippen LogP contribution in [0.15, 0.2) is 18.2 Å². The van der Waals surface area contributed by atoms with Gasteiger partial charge in [-0.15, -0.1) is 0 Å². The Morgan fingerprint density at radius 2 is 2.07 bits per heavy atom. The lowest BCUT2D eigenvalue weighted by Gasteiger charge is -2.14. The number of ether oxygens (including phenoxy) is 1. The van der Waals surface area contributed by atoms with Gasteiger partial charge in [0.2, 0.25) is 5.28 Å². The average molecular weight is 464 g/mol. The standard InChI is InChI=1S/C18H21ClF3N5O2S/c1-2-29-3-4-30(28)27-9-14-15(10-27)25-17(19)26-16(14)24-8-11-5-12(18(20,21)22)7-13(23)6-11/h5-7H,2-4,8-10,23H2,1H3,(H,24,25,26). The molecule has 3 rings (SSSR count). The lowest BCUT2D eigenvalue weighted by Crippen LogP contribution is -2.24. The highest BCUT2D eigenvalue weighted by Crippen LogP contribution is 2.32. The molecule has 12 heteroatoms. The second-order valence-electron chi connectivity index (χ2n) is 6.60. The molecule has 30 heavy (non-hydrogen) atoms. The van der Waals surface area contributed by atoms with Crippen molar-refractivity contribution in [1.29, 1.82) is 0 Å². The highest BCUT2D eigenvalue weighted by molar-refractivity contribution is 7.82. The van der Waals surface area contributed by atoms with E-state index in [1.54, 1.807) is 4.31 Å². The van der Waals surface area contributed by atoms with Crippen LogP contribution in [0.5, 0.6) is 0 Å². The molecule has 0 radical (unpaired) electrons. The van der Waals surface area contributed by atoms with Gasteiger partial charge < -0.3 is 15.8 Å². The molecule has 164 valence electrons. The van der Waals surface area contributed by atoms with Crippen molar-refractivity contribution in [3.05, 3.63) is 45.9 Å². The monoisotopic (exact) mass is 463 g/mol. The Morgan fingerprint density at radius 1 is 1.30 bits per heavy atom. The van der Waals surface area contributed by atoms with Gasteiger partial charge in [-0.2, -0.15) is 13.2 Å². The highest BCUT2D eigenvalue weighted by Gasteiger charge is 2.31. The number of hydrogen-bond donors (Lipinski definition) is 2. The molecule has 0 aliphatic carbocycles. The maximum absolute atomic E-state index is 13.0. The van der Waals surface area contributed by atoms with Crippen molar-refractivity contribution in [2.24, 2.45) is 0 Å². The van der Waals surface area contributed by atoms with E-state index in [1.165, 1.54) is 6.07 Å². The summed E-state index contributed by atoms with van der Waals surface area (Å²) in [5.74, 6) is 0.750. The molecule has 0 amide bonds. The Morgan fingerprint density at radius 3 is 2.77 bits per heavy atom. The minimum Gasteiger partial charge on any atom is -0.399 e. The number of rotatable bonds is 8. The zero-order valence-corrected chi connectivity index (χ0v) is 17.7. The molecule has 0 saturated carbocycles. The molecule has 1 aliphatic rings. The largest absolute Gasteiger partial charge is 0.416 e. The summed E-state index contributed by atoms with van der Waals surface area (Å²) in [4.78, 5) is 8.36.